The molecule has 0 saturated carbocycles. The van der Waals surface area contributed by atoms with Gasteiger partial charge < -0.3 is 9.84 Å². The lowest BCUT2D eigenvalue weighted by molar-refractivity contribution is 0.199. The molecule has 0 aliphatic rings. The first-order chi connectivity index (χ1) is 9.06. The van der Waals surface area contributed by atoms with Crippen molar-refractivity contribution in [1.82, 2.24) is 0 Å². The third-order valence-corrected chi connectivity index (χ3v) is 3.52. The van der Waals surface area contributed by atoms with Crippen LogP contribution in [-0.2, 0) is 6.61 Å². The van der Waals surface area contributed by atoms with Gasteiger partial charge >= 0.3 is 0 Å². The van der Waals surface area contributed by atoms with Gasteiger partial charge in [-0.1, -0.05) is 34.1 Å². The molecule has 0 spiro atoms. The van der Waals surface area contributed by atoms with Crippen molar-refractivity contribution in [2.45, 2.75) is 26.6 Å². The average molecular weight is 321 g/mol. The summed E-state index contributed by atoms with van der Waals surface area (Å²) in [6.45, 7) is 4.29. The van der Waals surface area contributed by atoms with Gasteiger partial charge in [-0.05, 0) is 54.8 Å². The second-order valence-corrected chi connectivity index (χ2v) is 5.53. The van der Waals surface area contributed by atoms with E-state index in [1.54, 1.807) is 6.92 Å². The Hall–Kier alpha value is -1.32. The van der Waals surface area contributed by atoms with E-state index < -0.39 is 6.10 Å². The van der Waals surface area contributed by atoms with Crippen molar-refractivity contribution in [1.29, 1.82) is 0 Å². The zero-order chi connectivity index (χ0) is 13.8. The maximum Gasteiger partial charge on any atom is 0.122 e. The molecule has 0 saturated heterocycles. The van der Waals surface area contributed by atoms with Crippen LogP contribution in [-0.4, -0.2) is 5.11 Å². The molecule has 2 aromatic rings. The van der Waals surface area contributed by atoms with Crippen molar-refractivity contribution < 1.29 is 9.84 Å². The molecule has 1 N–H and O–H groups in total. The van der Waals surface area contributed by atoms with Crippen molar-refractivity contribution in [2.75, 3.05) is 0 Å². The number of aliphatic hydroxyl groups excluding tert-OH is 1. The average Bonchev–Trinajstić information content (AvgIpc) is 2.39. The molecule has 0 aromatic heterocycles. The zero-order valence-electron chi connectivity index (χ0n) is 11.1. The molecule has 19 heavy (non-hydrogen) atoms. The number of ether oxygens (including phenoxy) is 1. The van der Waals surface area contributed by atoms with Crippen molar-refractivity contribution in [3.05, 3.63) is 63.6 Å². The van der Waals surface area contributed by atoms with Crippen LogP contribution in [0, 0.1) is 6.92 Å². The van der Waals surface area contributed by atoms with Crippen LogP contribution < -0.4 is 4.74 Å². The van der Waals surface area contributed by atoms with Gasteiger partial charge in [0.25, 0.3) is 0 Å². The fraction of sp³-hybridized carbons (Fsp3) is 0.250. The maximum atomic E-state index is 9.53. The number of aryl methyl sites for hydroxylation is 1. The van der Waals surface area contributed by atoms with Gasteiger partial charge in [0.05, 0.1) is 6.10 Å². The number of rotatable bonds is 4. The van der Waals surface area contributed by atoms with E-state index in [0.717, 1.165) is 26.9 Å². The van der Waals surface area contributed by atoms with Crippen molar-refractivity contribution in [3.63, 3.8) is 0 Å². The maximum absolute atomic E-state index is 9.53. The predicted molar refractivity (Wildman–Crippen MR) is 80.3 cm³/mol. The van der Waals surface area contributed by atoms with Crippen LogP contribution in [0.4, 0.5) is 0 Å². The highest BCUT2D eigenvalue weighted by Gasteiger charge is 2.05. The lowest BCUT2D eigenvalue weighted by Crippen LogP contribution is -1.98. The van der Waals surface area contributed by atoms with Gasteiger partial charge in [-0.3, -0.25) is 0 Å². The topological polar surface area (TPSA) is 29.5 Å². The number of hydrogen-bond donors (Lipinski definition) is 1. The van der Waals surface area contributed by atoms with Crippen LogP contribution in [0.25, 0.3) is 0 Å². The summed E-state index contributed by atoms with van der Waals surface area (Å²) in [5, 5.41) is 9.53. The van der Waals surface area contributed by atoms with Gasteiger partial charge in [0.15, 0.2) is 0 Å². The molecule has 100 valence electrons. The number of halogens is 1. The molecule has 0 radical (unpaired) electrons. The third-order valence-electron chi connectivity index (χ3n) is 2.99. The molecule has 0 bridgehead atoms. The van der Waals surface area contributed by atoms with Crippen molar-refractivity contribution >= 4 is 15.9 Å². The van der Waals surface area contributed by atoms with Gasteiger partial charge in [0.1, 0.15) is 12.4 Å². The smallest absolute Gasteiger partial charge is 0.122 e. The van der Waals surface area contributed by atoms with Crippen molar-refractivity contribution in [2.24, 2.45) is 0 Å². The third kappa shape index (κ3) is 3.82. The summed E-state index contributed by atoms with van der Waals surface area (Å²) in [7, 11) is 0. The molecule has 2 nitrogen and oxygen atoms in total. The highest BCUT2D eigenvalue weighted by molar-refractivity contribution is 9.10. The minimum Gasteiger partial charge on any atom is -0.489 e. The first-order valence-electron chi connectivity index (χ1n) is 6.22. The SMILES string of the molecule is Cc1cc([C@@H](C)O)ccc1OCc1ccc(Br)cc1. The van der Waals surface area contributed by atoms with E-state index in [2.05, 4.69) is 15.9 Å². The lowest BCUT2D eigenvalue weighted by Gasteiger charge is -2.12. The Bertz CT molecular complexity index is 547. The van der Waals surface area contributed by atoms with Crippen molar-refractivity contribution in [3.8, 4) is 5.75 Å². The summed E-state index contributed by atoms with van der Waals surface area (Å²) in [6, 6.07) is 13.8. The molecular formula is C16H17BrO2. The monoisotopic (exact) mass is 320 g/mol. The Morgan fingerprint density at radius 2 is 1.84 bits per heavy atom. The molecule has 2 rings (SSSR count). The molecule has 0 fully saturated rings. The second-order valence-electron chi connectivity index (χ2n) is 4.62. The quantitative estimate of drug-likeness (QED) is 0.905. The summed E-state index contributed by atoms with van der Waals surface area (Å²) >= 11 is 3.41. The predicted octanol–water partition coefficient (Wildman–Crippen LogP) is 4.39. The van der Waals surface area contributed by atoms with Gasteiger partial charge in [-0.25, -0.2) is 0 Å². The van der Waals surface area contributed by atoms with E-state index in [-0.39, 0.29) is 0 Å². The molecule has 0 amide bonds. The molecule has 3 heteroatoms. The van der Waals surface area contributed by atoms with Gasteiger partial charge in [0, 0.05) is 4.47 Å². The second kappa shape index (κ2) is 6.22. The van der Waals surface area contributed by atoms with Crippen LogP contribution in [0.5, 0.6) is 5.75 Å². The van der Waals surface area contributed by atoms with E-state index in [1.165, 1.54) is 0 Å². The minimum atomic E-state index is -0.445. The normalized spacial score (nSPS) is 12.2. The Morgan fingerprint density at radius 3 is 2.42 bits per heavy atom. The summed E-state index contributed by atoms with van der Waals surface area (Å²) in [4.78, 5) is 0. The molecule has 0 unspecified atom stereocenters. The van der Waals surface area contributed by atoms with E-state index >= 15 is 0 Å². The molecular weight excluding hydrogens is 304 g/mol. The van der Waals surface area contributed by atoms with Gasteiger partial charge in [-0.2, -0.15) is 0 Å². The molecule has 0 heterocycles. The first-order valence-corrected chi connectivity index (χ1v) is 7.01. The fourth-order valence-electron chi connectivity index (χ4n) is 1.84. The molecule has 0 aliphatic carbocycles. The first kappa shape index (κ1) is 14.1. The zero-order valence-corrected chi connectivity index (χ0v) is 12.6. The van der Waals surface area contributed by atoms with E-state index in [4.69, 9.17) is 4.74 Å². The van der Waals surface area contributed by atoms with E-state index in [0.29, 0.717) is 6.61 Å². The summed E-state index contributed by atoms with van der Waals surface area (Å²) < 4.78 is 6.86. The summed E-state index contributed by atoms with van der Waals surface area (Å²) in [6.07, 6.45) is -0.445. The summed E-state index contributed by atoms with van der Waals surface area (Å²) in [5.74, 6) is 0.854. The van der Waals surface area contributed by atoms with Crippen LogP contribution in [0.1, 0.15) is 29.7 Å². The number of hydrogen-bond acceptors (Lipinski definition) is 2. The molecule has 2 aromatic carbocycles. The van der Waals surface area contributed by atoms with Gasteiger partial charge in [0.2, 0.25) is 0 Å². The number of aliphatic hydroxyl groups is 1. The minimum absolute atomic E-state index is 0.445. The Kier molecular flexibility index (Phi) is 4.61. The summed E-state index contributed by atoms with van der Waals surface area (Å²) in [5.41, 5.74) is 3.08. The standard InChI is InChI=1S/C16H17BrO2/c1-11-9-14(12(2)18)5-8-16(11)19-10-13-3-6-15(17)7-4-13/h3-9,12,18H,10H2,1-2H3/t12-/m1/s1. The Morgan fingerprint density at radius 1 is 1.16 bits per heavy atom. The lowest BCUT2D eigenvalue weighted by atomic mass is 10.1. The largest absolute Gasteiger partial charge is 0.489 e. The van der Waals surface area contributed by atoms with Crippen LogP contribution >= 0.6 is 15.9 Å². The van der Waals surface area contributed by atoms with Crippen LogP contribution in [0.15, 0.2) is 46.9 Å². The molecule has 0 aliphatic heterocycles. The van der Waals surface area contributed by atoms with Crippen LogP contribution in [0.3, 0.4) is 0 Å². The highest BCUT2D eigenvalue weighted by Crippen LogP contribution is 2.23. The van der Waals surface area contributed by atoms with E-state index in [9.17, 15) is 5.11 Å². The number of benzene rings is 2. The van der Waals surface area contributed by atoms with Gasteiger partial charge in [-0.15, -0.1) is 0 Å². The Labute approximate surface area is 122 Å². The fourth-order valence-corrected chi connectivity index (χ4v) is 2.10. The highest BCUT2D eigenvalue weighted by atomic mass is 79.9. The van der Waals surface area contributed by atoms with E-state index in [1.807, 2.05) is 49.4 Å². The molecule has 1 atom stereocenters. The van der Waals surface area contributed by atoms with Crippen LogP contribution in [0.2, 0.25) is 0 Å². The Balaban J connectivity index is 2.05.